The molecule has 1 aliphatic rings. The smallest absolute Gasteiger partial charge is 0.329 e. The summed E-state index contributed by atoms with van der Waals surface area (Å²) in [5.41, 5.74) is 2.63. The molecule has 164 valence electrons. The minimum absolute atomic E-state index is 0.0462. The van der Waals surface area contributed by atoms with E-state index >= 15 is 0 Å². The summed E-state index contributed by atoms with van der Waals surface area (Å²) in [4.78, 5) is 27.5. The Bertz CT molecular complexity index is 1150. The number of amides is 1. The van der Waals surface area contributed by atoms with Crippen LogP contribution in [-0.2, 0) is 17.9 Å². The molecule has 2 heterocycles. The van der Waals surface area contributed by atoms with Crippen LogP contribution in [0.25, 0.3) is 11.0 Å². The number of halogens is 1. The van der Waals surface area contributed by atoms with E-state index < -0.39 is 0 Å². The van der Waals surface area contributed by atoms with Crippen molar-refractivity contribution in [1.82, 2.24) is 14.5 Å². The standard InChI is InChI=1S/C23H27ClN4O3/c1-3-27-18-6-4-5-7-19(18)28(23(27)30)13-11-22(29)25-17-10-12-26(15-17)20-14-16(24)8-9-21(20)31-2/h4-9,14,17H,3,10-13,15H2,1-2H3,(H,25,29). The number of aryl methyl sites for hydroxylation is 2. The van der Waals surface area contributed by atoms with E-state index in [2.05, 4.69) is 10.2 Å². The second-order valence-corrected chi connectivity index (χ2v) is 8.17. The monoisotopic (exact) mass is 442 g/mol. The molecule has 1 aromatic heterocycles. The minimum Gasteiger partial charge on any atom is -0.495 e. The Kier molecular flexibility index (Phi) is 6.23. The Hall–Kier alpha value is -2.93. The number of anilines is 1. The first-order chi connectivity index (χ1) is 15.0. The quantitative estimate of drug-likeness (QED) is 0.609. The molecule has 0 radical (unpaired) electrons. The van der Waals surface area contributed by atoms with Crippen LogP contribution in [0.4, 0.5) is 5.69 Å². The molecule has 4 rings (SSSR count). The van der Waals surface area contributed by atoms with E-state index in [0.717, 1.165) is 35.4 Å². The van der Waals surface area contributed by atoms with Gasteiger partial charge in [-0.05, 0) is 43.7 Å². The number of para-hydroxylation sites is 2. The van der Waals surface area contributed by atoms with Crippen LogP contribution in [0.1, 0.15) is 19.8 Å². The lowest BCUT2D eigenvalue weighted by Gasteiger charge is -2.21. The molecular formula is C23H27ClN4O3. The summed E-state index contributed by atoms with van der Waals surface area (Å²) in [5.74, 6) is 0.716. The lowest BCUT2D eigenvalue weighted by Crippen LogP contribution is -2.38. The third kappa shape index (κ3) is 4.28. The number of rotatable bonds is 7. The van der Waals surface area contributed by atoms with Crippen LogP contribution in [0.15, 0.2) is 47.3 Å². The maximum Gasteiger partial charge on any atom is 0.329 e. The van der Waals surface area contributed by atoms with Crippen molar-refractivity contribution in [2.75, 3.05) is 25.1 Å². The zero-order valence-corrected chi connectivity index (χ0v) is 18.6. The van der Waals surface area contributed by atoms with Crippen LogP contribution in [0.5, 0.6) is 5.75 Å². The molecule has 1 amide bonds. The third-order valence-electron chi connectivity index (χ3n) is 5.84. The summed E-state index contributed by atoms with van der Waals surface area (Å²) in [5, 5.41) is 3.77. The Labute approximate surface area is 186 Å². The number of aromatic nitrogens is 2. The average Bonchev–Trinajstić information content (AvgIpc) is 3.33. The minimum atomic E-state index is -0.0726. The molecule has 1 N–H and O–H groups in total. The van der Waals surface area contributed by atoms with Gasteiger partial charge in [-0.15, -0.1) is 0 Å². The van der Waals surface area contributed by atoms with Crippen molar-refractivity contribution in [1.29, 1.82) is 0 Å². The van der Waals surface area contributed by atoms with E-state index in [1.165, 1.54) is 0 Å². The fraction of sp³-hybridized carbons (Fsp3) is 0.391. The zero-order valence-electron chi connectivity index (χ0n) is 17.8. The highest BCUT2D eigenvalue weighted by Gasteiger charge is 2.26. The maximum atomic E-state index is 12.7. The van der Waals surface area contributed by atoms with Gasteiger partial charge in [0.2, 0.25) is 5.91 Å². The van der Waals surface area contributed by atoms with Crippen LogP contribution >= 0.6 is 11.6 Å². The normalized spacial score (nSPS) is 16.1. The van der Waals surface area contributed by atoms with Crippen LogP contribution in [0.3, 0.4) is 0 Å². The van der Waals surface area contributed by atoms with Crippen molar-refractivity contribution >= 4 is 34.2 Å². The van der Waals surface area contributed by atoms with E-state index in [9.17, 15) is 9.59 Å². The summed E-state index contributed by atoms with van der Waals surface area (Å²) < 4.78 is 8.88. The zero-order chi connectivity index (χ0) is 22.0. The van der Waals surface area contributed by atoms with Gasteiger partial charge in [-0.25, -0.2) is 4.79 Å². The summed E-state index contributed by atoms with van der Waals surface area (Å²) >= 11 is 6.16. The topological polar surface area (TPSA) is 68.5 Å². The predicted octanol–water partition coefficient (Wildman–Crippen LogP) is 3.27. The second-order valence-electron chi connectivity index (χ2n) is 7.73. The Morgan fingerprint density at radius 1 is 1.19 bits per heavy atom. The highest BCUT2D eigenvalue weighted by Crippen LogP contribution is 2.33. The van der Waals surface area contributed by atoms with Gasteiger partial charge in [-0.1, -0.05) is 23.7 Å². The van der Waals surface area contributed by atoms with E-state index in [0.29, 0.717) is 24.7 Å². The van der Waals surface area contributed by atoms with Gasteiger partial charge in [-0.2, -0.15) is 0 Å². The number of nitrogens with one attached hydrogen (secondary N) is 1. The number of fused-ring (bicyclic) bond motifs is 1. The number of imidazole rings is 1. The summed E-state index contributed by atoms with van der Waals surface area (Å²) in [7, 11) is 1.64. The lowest BCUT2D eigenvalue weighted by atomic mass is 10.2. The fourth-order valence-electron chi connectivity index (χ4n) is 4.31. The van der Waals surface area contributed by atoms with Crippen molar-refractivity contribution in [3.63, 3.8) is 0 Å². The number of methoxy groups -OCH3 is 1. The van der Waals surface area contributed by atoms with Gasteiger partial charge >= 0.3 is 5.69 Å². The van der Waals surface area contributed by atoms with E-state index in [-0.39, 0.29) is 24.1 Å². The highest BCUT2D eigenvalue weighted by atomic mass is 35.5. The number of hydrogen-bond acceptors (Lipinski definition) is 4. The van der Waals surface area contributed by atoms with Crippen LogP contribution in [-0.4, -0.2) is 41.3 Å². The highest BCUT2D eigenvalue weighted by molar-refractivity contribution is 6.30. The molecule has 0 aliphatic carbocycles. The molecule has 2 aromatic carbocycles. The molecule has 0 spiro atoms. The SMILES string of the molecule is CCn1c(=O)n(CCC(=O)NC2CCN(c3cc(Cl)ccc3OC)C2)c2ccccc21. The first kappa shape index (κ1) is 21.3. The largest absolute Gasteiger partial charge is 0.495 e. The Morgan fingerprint density at radius 3 is 2.65 bits per heavy atom. The first-order valence-electron chi connectivity index (χ1n) is 10.6. The second kappa shape index (κ2) is 9.06. The van der Waals surface area contributed by atoms with Gasteiger partial charge in [0, 0.05) is 43.7 Å². The molecule has 0 bridgehead atoms. The number of benzene rings is 2. The van der Waals surface area contributed by atoms with Crippen LogP contribution in [0, 0.1) is 0 Å². The maximum absolute atomic E-state index is 12.7. The fourth-order valence-corrected chi connectivity index (χ4v) is 4.48. The predicted molar refractivity (Wildman–Crippen MR) is 123 cm³/mol. The van der Waals surface area contributed by atoms with E-state index in [1.54, 1.807) is 22.3 Å². The van der Waals surface area contributed by atoms with Gasteiger partial charge in [0.25, 0.3) is 0 Å². The average molecular weight is 443 g/mol. The van der Waals surface area contributed by atoms with E-state index in [1.807, 2.05) is 43.3 Å². The number of carbonyl (C=O) groups excluding carboxylic acids is 1. The first-order valence-corrected chi connectivity index (χ1v) is 11.0. The van der Waals surface area contributed by atoms with Gasteiger partial charge < -0.3 is 15.0 Å². The molecule has 31 heavy (non-hydrogen) atoms. The number of nitrogens with zero attached hydrogens (tertiary/aromatic N) is 3. The van der Waals surface area contributed by atoms with Crippen molar-refractivity contribution in [2.24, 2.45) is 0 Å². The van der Waals surface area contributed by atoms with Crippen molar-refractivity contribution in [2.45, 2.75) is 38.9 Å². The molecule has 1 fully saturated rings. The van der Waals surface area contributed by atoms with Gasteiger partial charge in [0.15, 0.2) is 0 Å². The van der Waals surface area contributed by atoms with Crippen LogP contribution in [0.2, 0.25) is 5.02 Å². The lowest BCUT2D eigenvalue weighted by molar-refractivity contribution is -0.121. The third-order valence-corrected chi connectivity index (χ3v) is 6.07. The van der Waals surface area contributed by atoms with Gasteiger partial charge in [-0.3, -0.25) is 13.9 Å². The molecule has 1 atom stereocenters. The summed E-state index contributed by atoms with van der Waals surface area (Å²) in [6, 6.07) is 13.3. The molecule has 7 nitrogen and oxygen atoms in total. The molecule has 3 aromatic rings. The molecule has 0 saturated carbocycles. The molecule has 8 heteroatoms. The summed E-state index contributed by atoms with van der Waals surface area (Å²) in [6.45, 7) is 4.41. The Balaban J connectivity index is 1.39. The Morgan fingerprint density at radius 2 is 1.94 bits per heavy atom. The molecule has 1 aliphatic heterocycles. The van der Waals surface area contributed by atoms with Crippen molar-refractivity contribution in [3.05, 3.63) is 58.0 Å². The van der Waals surface area contributed by atoms with Gasteiger partial charge in [0.05, 0.1) is 23.8 Å². The molecular weight excluding hydrogens is 416 g/mol. The van der Waals surface area contributed by atoms with Crippen LogP contribution < -0.4 is 20.6 Å². The van der Waals surface area contributed by atoms with Crippen molar-refractivity contribution < 1.29 is 9.53 Å². The van der Waals surface area contributed by atoms with E-state index in [4.69, 9.17) is 16.3 Å². The number of carbonyl (C=O) groups is 1. The number of ether oxygens (including phenoxy) is 1. The summed E-state index contributed by atoms with van der Waals surface area (Å²) in [6.07, 6.45) is 1.10. The molecule has 1 saturated heterocycles. The number of hydrogen-bond donors (Lipinski definition) is 1. The van der Waals surface area contributed by atoms with Gasteiger partial charge in [0.1, 0.15) is 5.75 Å². The van der Waals surface area contributed by atoms with Crippen molar-refractivity contribution in [3.8, 4) is 5.75 Å². The molecule has 1 unspecified atom stereocenters.